The van der Waals surface area contributed by atoms with Gasteiger partial charge in [0, 0.05) is 25.4 Å². The van der Waals surface area contributed by atoms with Crippen LogP contribution in [0, 0.1) is 6.92 Å². The predicted octanol–water partition coefficient (Wildman–Crippen LogP) is 6.16. The third-order valence-corrected chi connectivity index (χ3v) is 5.75. The third kappa shape index (κ3) is 4.98. The molecule has 0 atom stereocenters. The van der Waals surface area contributed by atoms with Crippen LogP contribution in [-0.4, -0.2) is 16.6 Å². The number of aryl methyl sites for hydroxylation is 1. The van der Waals surface area contributed by atoms with Crippen molar-refractivity contribution >= 4 is 57.3 Å². The maximum Gasteiger partial charge on any atom is 0.236 e. The molecule has 3 aromatic rings. The van der Waals surface area contributed by atoms with Crippen molar-refractivity contribution in [3.8, 4) is 11.3 Å². The van der Waals surface area contributed by atoms with Crippen LogP contribution < -0.4 is 5.32 Å². The molecule has 0 saturated heterocycles. The standard InChI is InChI=1S/C18H14Cl2N2OS2/c1-11-17(12-2-4-13(19)5-3-12)22-18(25-11)21-16(23)10-24-15-8-6-14(20)7-9-15/h2-9H,10H2,1H3,(H,21,22,23). The van der Waals surface area contributed by atoms with Gasteiger partial charge in [-0.2, -0.15) is 0 Å². The summed E-state index contributed by atoms with van der Waals surface area (Å²) in [4.78, 5) is 18.7. The maximum atomic E-state index is 12.1. The molecule has 0 aliphatic heterocycles. The Morgan fingerprint density at radius 3 is 2.32 bits per heavy atom. The van der Waals surface area contributed by atoms with Crippen molar-refractivity contribution in [3.05, 3.63) is 63.5 Å². The molecule has 1 heterocycles. The van der Waals surface area contributed by atoms with Gasteiger partial charge >= 0.3 is 0 Å². The molecule has 2 aromatic carbocycles. The molecule has 0 fully saturated rings. The summed E-state index contributed by atoms with van der Waals surface area (Å²) in [5, 5.41) is 4.83. The van der Waals surface area contributed by atoms with Crippen molar-refractivity contribution in [1.29, 1.82) is 0 Å². The summed E-state index contributed by atoms with van der Waals surface area (Å²) in [6.45, 7) is 1.99. The number of aromatic nitrogens is 1. The van der Waals surface area contributed by atoms with Gasteiger partial charge in [0.25, 0.3) is 0 Å². The lowest BCUT2D eigenvalue weighted by Gasteiger charge is -2.02. The van der Waals surface area contributed by atoms with Gasteiger partial charge in [-0.25, -0.2) is 4.98 Å². The molecule has 0 saturated carbocycles. The van der Waals surface area contributed by atoms with Gasteiger partial charge < -0.3 is 5.32 Å². The molecule has 3 nitrogen and oxygen atoms in total. The summed E-state index contributed by atoms with van der Waals surface area (Å²) in [5.41, 5.74) is 1.84. The summed E-state index contributed by atoms with van der Waals surface area (Å²) in [7, 11) is 0. The quantitative estimate of drug-likeness (QED) is 0.514. The fraction of sp³-hybridized carbons (Fsp3) is 0.111. The number of hydrogen-bond donors (Lipinski definition) is 1. The number of thioether (sulfide) groups is 1. The van der Waals surface area contributed by atoms with Gasteiger partial charge in [-0.05, 0) is 43.3 Å². The van der Waals surface area contributed by atoms with Crippen LogP contribution in [0.1, 0.15) is 4.88 Å². The van der Waals surface area contributed by atoms with Gasteiger partial charge in [0.15, 0.2) is 5.13 Å². The molecule has 0 unspecified atom stereocenters. The lowest BCUT2D eigenvalue weighted by atomic mass is 10.1. The van der Waals surface area contributed by atoms with E-state index in [0.717, 1.165) is 21.0 Å². The summed E-state index contributed by atoms with van der Waals surface area (Å²) < 4.78 is 0. The van der Waals surface area contributed by atoms with E-state index in [1.54, 1.807) is 0 Å². The van der Waals surface area contributed by atoms with E-state index in [1.807, 2.05) is 55.5 Å². The third-order valence-electron chi connectivity index (χ3n) is 3.34. The molecule has 1 N–H and O–H groups in total. The number of hydrogen-bond acceptors (Lipinski definition) is 4. The highest BCUT2D eigenvalue weighted by molar-refractivity contribution is 8.00. The number of anilines is 1. The highest BCUT2D eigenvalue weighted by Gasteiger charge is 2.12. The Morgan fingerprint density at radius 1 is 1.08 bits per heavy atom. The molecule has 128 valence electrons. The first-order valence-electron chi connectivity index (χ1n) is 7.43. The molecule has 7 heteroatoms. The zero-order valence-electron chi connectivity index (χ0n) is 13.3. The van der Waals surface area contributed by atoms with E-state index < -0.39 is 0 Å². The molecule has 0 aliphatic rings. The lowest BCUT2D eigenvalue weighted by Crippen LogP contribution is -2.13. The second-order valence-electron chi connectivity index (χ2n) is 5.22. The Morgan fingerprint density at radius 2 is 1.68 bits per heavy atom. The van der Waals surface area contributed by atoms with Crippen LogP contribution in [0.2, 0.25) is 10.0 Å². The van der Waals surface area contributed by atoms with E-state index >= 15 is 0 Å². The van der Waals surface area contributed by atoms with Gasteiger partial charge in [0.2, 0.25) is 5.91 Å². The molecule has 0 radical (unpaired) electrons. The Kier molecular flexibility index (Phi) is 6.02. The van der Waals surface area contributed by atoms with E-state index in [2.05, 4.69) is 10.3 Å². The molecule has 1 aromatic heterocycles. The van der Waals surface area contributed by atoms with Crippen molar-refractivity contribution in [2.45, 2.75) is 11.8 Å². The number of thiazole rings is 1. The van der Waals surface area contributed by atoms with Crippen LogP contribution in [0.3, 0.4) is 0 Å². The average Bonchev–Trinajstić information content (AvgIpc) is 2.95. The molecule has 0 spiro atoms. The first-order valence-corrected chi connectivity index (χ1v) is 9.98. The number of carbonyl (C=O) groups is 1. The predicted molar refractivity (Wildman–Crippen MR) is 108 cm³/mol. The molecule has 3 rings (SSSR count). The van der Waals surface area contributed by atoms with Crippen molar-refractivity contribution in [1.82, 2.24) is 4.98 Å². The smallest absolute Gasteiger partial charge is 0.236 e. The Labute approximate surface area is 164 Å². The second kappa shape index (κ2) is 8.23. The van der Waals surface area contributed by atoms with Gasteiger partial charge in [0.05, 0.1) is 11.4 Å². The Balaban J connectivity index is 1.62. The summed E-state index contributed by atoms with van der Waals surface area (Å²) in [6, 6.07) is 14.9. The number of nitrogens with one attached hydrogen (secondary N) is 1. The van der Waals surface area contributed by atoms with Crippen molar-refractivity contribution < 1.29 is 4.79 Å². The SMILES string of the molecule is Cc1sc(NC(=O)CSc2ccc(Cl)cc2)nc1-c1ccc(Cl)cc1. The van der Waals surface area contributed by atoms with E-state index in [0.29, 0.717) is 20.9 Å². The van der Waals surface area contributed by atoms with Crippen LogP contribution in [0.5, 0.6) is 0 Å². The summed E-state index contributed by atoms with van der Waals surface area (Å²) in [6.07, 6.45) is 0. The molecule has 25 heavy (non-hydrogen) atoms. The highest BCUT2D eigenvalue weighted by Crippen LogP contribution is 2.31. The van der Waals surface area contributed by atoms with Crippen LogP contribution in [0.15, 0.2) is 53.4 Å². The van der Waals surface area contributed by atoms with E-state index in [1.165, 1.54) is 23.1 Å². The summed E-state index contributed by atoms with van der Waals surface area (Å²) >= 11 is 14.7. The summed E-state index contributed by atoms with van der Waals surface area (Å²) in [5.74, 6) is 0.229. The first kappa shape index (κ1) is 18.3. The van der Waals surface area contributed by atoms with Crippen LogP contribution in [0.25, 0.3) is 11.3 Å². The van der Waals surface area contributed by atoms with E-state index in [9.17, 15) is 4.79 Å². The van der Waals surface area contributed by atoms with Gasteiger partial charge in [-0.15, -0.1) is 23.1 Å². The van der Waals surface area contributed by atoms with E-state index in [-0.39, 0.29) is 5.91 Å². The largest absolute Gasteiger partial charge is 0.301 e. The highest BCUT2D eigenvalue weighted by atomic mass is 35.5. The zero-order chi connectivity index (χ0) is 17.8. The molecular weight excluding hydrogens is 395 g/mol. The number of amides is 1. The number of benzene rings is 2. The van der Waals surface area contributed by atoms with Gasteiger partial charge in [-0.3, -0.25) is 4.79 Å². The minimum absolute atomic E-state index is 0.0867. The molecule has 1 amide bonds. The number of nitrogens with zero attached hydrogens (tertiary/aromatic N) is 1. The van der Waals surface area contributed by atoms with Crippen molar-refractivity contribution in [3.63, 3.8) is 0 Å². The van der Waals surface area contributed by atoms with Crippen molar-refractivity contribution in [2.75, 3.05) is 11.1 Å². The van der Waals surface area contributed by atoms with Crippen LogP contribution in [0.4, 0.5) is 5.13 Å². The zero-order valence-corrected chi connectivity index (χ0v) is 16.4. The van der Waals surface area contributed by atoms with Gasteiger partial charge in [-0.1, -0.05) is 35.3 Å². The van der Waals surface area contributed by atoms with Gasteiger partial charge in [0.1, 0.15) is 0 Å². The number of halogens is 2. The minimum Gasteiger partial charge on any atom is -0.301 e. The normalized spacial score (nSPS) is 10.7. The Hall–Kier alpha value is -1.53. The van der Waals surface area contributed by atoms with Crippen LogP contribution in [-0.2, 0) is 4.79 Å². The fourth-order valence-corrected chi connectivity index (χ4v) is 3.96. The Bertz CT molecular complexity index is 877. The molecular formula is C18H14Cl2N2OS2. The molecule has 0 bridgehead atoms. The monoisotopic (exact) mass is 408 g/mol. The van der Waals surface area contributed by atoms with Crippen LogP contribution >= 0.6 is 46.3 Å². The first-order chi connectivity index (χ1) is 12.0. The van der Waals surface area contributed by atoms with E-state index in [4.69, 9.17) is 23.2 Å². The second-order valence-corrected chi connectivity index (χ2v) is 8.35. The number of carbonyl (C=O) groups excluding carboxylic acids is 1. The maximum absolute atomic E-state index is 12.1. The molecule has 0 aliphatic carbocycles. The van der Waals surface area contributed by atoms with Crippen molar-refractivity contribution in [2.24, 2.45) is 0 Å². The topological polar surface area (TPSA) is 42.0 Å². The lowest BCUT2D eigenvalue weighted by molar-refractivity contribution is -0.113. The average molecular weight is 409 g/mol. The number of rotatable bonds is 5. The minimum atomic E-state index is -0.0867. The fourth-order valence-electron chi connectivity index (χ4n) is 2.16.